The molecule has 124 valence electrons. The summed E-state index contributed by atoms with van der Waals surface area (Å²) in [6, 6.07) is 14.4. The van der Waals surface area contributed by atoms with Crippen molar-refractivity contribution in [3.8, 4) is 5.75 Å². The number of urea groups is 1. The molecule has 1 aliphatic rings. The summed E-state index contributed by atoms with van der Waals surface area (Å²) in [7, 11) is 1.73. The Morgan fingerprint density at radius 2 is 2.00 bits per heavy atom. The quantitative estimate of drug-likeness (QED) is 0.911. The number of hydrogen-bond acceptors (Lipinski definition) is 3. The lowest BCUT2D eigenvalue weighted by Gasteiger charge is -2.13. The van der Waals surface area contributed by atoms with Crippen molar-refractivity contribution in [2.24, 2.45) is 0 Å². The van der Waals surface area contributed by atoms with E-state index in [2.05, 4.69) is 10.6 Å². The van der Waals surface area contributed by atoms with Gasteiger partial charge in [-0.2, -0.15) is 0 Å². The van der Waals surface area contributed by atoms with Crippen LogP contribution >= 0.6 is 0 Å². The van der Waals surface area contributed by atoms with E-state index in [-0.39, 0.29) is 11.9 Å². The molecular weight excluding hydrogens is 306 g/mol. The Kier molecular flexibility index (Phi) is 4.65. The van der Waals surface area contributed by atoms with Crippen molar-refractivity contribution in [2.45, 2.75) is 6.54 Å². The average molecular weight is 325 g/mol. The van der Waals surface area contributed by atoms with Gasteiger partial charge in [0.05, 0.1) is 12.1 Å². The molecule has 0 spiro atoms. The Bertz CT molecular complexity index is 746. The molecule has 0 saturated carbocycles. The molecule has 0 bridgehead atoms. The summed E-state index contributed by atoms with van der Waals surface area (Å²) < 4.78 is 5.56. The Morgan fingerprint density at radius 3 is 2.79 bits per heavy atom. The smallest absolute Gasteiger partial charge is 0.319 e. The minimum atomic E-state index is -0.325. The lowest BCUT2D eigenvalue weighted by atomic mass is 10.1. The highest BCUT2D eigenvalue weighted by Crippen LogP contribution is 2.26. The number of fused-ring (bicyclic) bond motifs is 1. The summed E-state index contributed by atoms with van der Waals surface area (Å²) in [6.07, 6.45) is 0. The van der Waals surface area contributed by atoms with Gasteiger partial charge in [0.25, 0.3) is 5.91 Å². The molecule has 0 fully saturated rings. The van der Waals surface area contributed by atoms with Gasteiger partial charge in [-0.05, 0) is 23.8 Å². The first-order chi connectivity index (χ1) is 11.6. The first-order valence-electron chi connectivity index (χ1n) is 7.74. The van der Waals surface area contributed by atoms with Crippen LogP contribution < -0.4 is 15.4 Å². The zero-order chi connectivity index (χ0) is 16.9. The van der Waals surface area contributed by atoms with Crippen LogP contribution in [0.1, 0.15) is 15.9 Å². The van der Waals surface area contributed by atoms with E-state index in [4.69, 9.17) is 4.74 Å². The minimum Gasteiger partial charge on any atom is -0.491 e. The first kappa shape index (κ1) is 15.9. The SMILES string of the molecule is CN1CCOc2ccc(NC(=O)NCc3ccccc3)cc2C1=O. The number of nitrogens with one attached hydrogen (secondary N) is 2. The van der Waals surface area contributed by atoms with Gasteiger partial charge in [0, 0.05) is 19.3 Å². The van der Waals surface area contributed by atoms with Crippen molar-refractivity contribution in [3.63, 3.8) is 0 Å². The van der Waals surface area contributed by atoms with Crippen LogP contribution in [0.15, 0.2) is 48.5 Å². The maximum absolute atomic E-state index is 12.3. The van der Waals surface area contributed by atoms with Crippen molar-refractivity contribution >= 4 is 17.6 Å². The van der Waals surface area contributed by atoms with E-state index in [1.165, 1.54) is 0 Å². The van der Waals surface area contributed by atoms with Crippen molar-refractivity contribution in [2.75, 3.05) is 25.5 Å². The van der Waals surface area contributed by atoms with E-state index in [0.29, 0.717) is 36.7 Å². The summed E-state index contributed by atoms with van der Waals surface area (Å²) in [4.78, 5) is 25.9. The molecular formula is C18H19N3O3. The lowest BCUT2D eigenvalue weighted by molar-refractivity contribution is 0.0796. The monoisotopic (exact) mass is 325 g/mol. The summed E-state index contributed by atoms with van der Waals surface area (Å²) in [5, 5.41) is 5.52. The van der Waals surface area contributed by atoms with Gasteiger partial charge in [-0.1, -0.05) is 30.3 Å². The zero-order valence-corrected chi connectivity index (χ0v) is 13.4. The predicted molar refractivity (Wildman–Crippen MR) is 91.2 cm³/mol. The van der Waals surface area contributed by atoms with Gasteiger partial charge in [0.2, 0.25) is 0 Å². The molecule has 3 amide bonds. The summed E-state index contributed by atoms with van der Waals surface area (Å²) in [5.74, 6) is 0.426. The third-order valence-corrected chi connectivity index (χ3v) is 3.79. The van der Waals surface area contributed by atoms with E-state index in [1.807, 2.05) is 30.3 Å². The van der Waals surface area contributed by atoms with Crippen LogP contribution in [-0.2, 0) is 6.54 Å². The highest BCUT2D eigenvalue weighted by Gasteiger charge is 2.21. The molecule has 0 radical (unpaired) electrons. The number of benzene rings is 2. The molecule has 0 aliphatic carbocycles. The summed E-state index contributed by atoms with van der Waals surface area (Å²) in [6.45, 7) is 1.43. The number of anilines is 1. The molecule has 6 heteroatoms. The van der Waals surface area contributed by atoms with E-state index < -0.39 is 0 Å². The fraction of sp³-hybridized carbons (Fsp3) is 0.222. The molecule has 6 nitrogen and oxygen atoms in total. The van der Waals surface area contributed by atoms with Gasteiger partial charge >= 0.3 is 6.03 Å². The number of rotatable bonds is 3. The standard InChI is InChI=1S/C18H19N3O3/c1-21-9-10-24-16-8-7-14(11-15(16)17(21)22)20-18(23)19-12-13-5-3-2-4-6-13/h2-8,11H,9-10,12H2,1H3,(H2,19,20,23). The average Bonchev–Trinajstić information content (AvgIpc) is 2.74. The maximum Gasteiger partial charge on any atom is 0.319 e. The number of likely N-dealkylation sites (N-methyl/N-ethyl adjacent to an activating group) is 1. The second-order valence-corrected chi connectivity index (χ2v) is 5.58. The largest absolute Gasteiger partial charge is 0.491 e. The molecule has 0 unspecified atom stereocenters. The van der Waals surface area contributed by atoms with Gasteiger partial charge in [0.1, 0.15) is 12.4 Å². The van der Waals surface area contributed by atoms with Gasteiger partial charge in [0.15, 0.2) is 0 Å². The molecule has 1 aliphatic heterocycles. The highest BCUT2D eigenvalue weighted by atomic mass is 16.5. The summed E-state index contributed by atoms with van der Waals surface area (Å²) >= 11 is 0. The fourth-order valence-electron chi connectivity index (χ4n) is 2.45. The number of nitrogens with zero attached hydrogens (tertiary/aromatic N) is 1. The summed E-state index contributed by atoms with van der Waals surface area (Å²) in [5.41, 5.74) is 2.02. The normalized spacial score (nSPS) is 13.5. The number of hydrogen-bond donors (Lipinski definition) is 2. The Hall–Kier alpha value is -3.02. The second kappa shape index (κ2) is 7.04. The lowest BCUT2D eigenvalue weighted by Crippen LogP contribution is -2.29. The second-order valence-electron chi connectivity index (χ2n) is 5.58. The van der Waals surface area contributed by atoms with Crippen LogP contribution in [0.25, 0.3) is 0 Å². The van der Waals surface area contributed by atoms with Crippen LogP contribution in [-0.4, -0.2) is 37.0 Å². The van der Waals surface area contributed by atoms with E-state index in [9.17, 15) is 9.59 Å². The number of amides is 3. The molecule has 0 atom stereocenters. The zero-order valence-electron chi connectivity index (χ0n) is 13.4. The number of ether oxygens (including phenoxy) is 1. The molecule has 3 rings (SSSR count). The van der Waals surface area contributed by atoms with Gasteiger partial charge in [-0.25, -0.2) is 4.79 Å². The van der Waals surface area contributed by atoms with E-state index in [0.717, 1.165) is 5.56 Å². The van der Waals surface area contributed by atoms with Crippen LogP contribution in [0, 0.1) is 0 Å². The third-order valence-electron chi connectivity index (χ3n) is 3.79. The van der Waals surface area contributed by atoms with Gasteiger partial charge in [-0.15, -0.1) is 0 Å². The topological polar surface area (TPSA) is 70.7 Å². The van der Waals surface area contributed by atoms with Gasteiger partial charge in [-0.3, -0.25) is 4.79 Å². The molecule has 1 heterocycles. The van der Waals surface area contributed by atoms with Crippen LogP contribution in [0.4, 0.5) is 10.5 Å². The molecule has 2 aromatic rings. The van der Waals surface area contributed by atoms with Gasteiger partial charge < -0.3 is 20.3 Å². The van der Waals surface area contributed by atoms with E-state index >= 15 is 0 Å². The number of carbonyl (C=O) groups excluding carboxylic acids is 2. The third kappa shape index (κ3) is 3.65. The van der Waals surface area contributed by atoms with Crippen LogP contribution in [0.2, 0.25) is 0 Å². The van der Waals surface area contributed by atoms with Crippen molar-refractivity contribution < 1.29 is 14.3 Å². The maximum atomic E-state index is 12.3. The van der Waals surface area contributed by atoms with Crippen LogP contribution in [0.3, 0.4) is 0 Å². The van der Waals surface area contributed by atoms with Crippen molar-refractivity contribution in [1.82, 2.24) is 10.2 Å². The van der Waals surface area contributed by atoms with Crippen LogP contribution in [0.5, 0.6) is 5.75 Å². The molecule has 24 heavy (non-hydrogen) atoms. The van der Waals surface area contributed by atoms with Crippen molar-refractivity contribution in [3.05, 3.63) is 59.7 Å². The Labute approximate surface area is 140 Å². The minimum absolute atomic E-state index is 0.115. The Morgan fingerprint density at radius 1 is 1.21 bits per heavy atom. The first-order valence-corrected chi connectivity index (χ1v) is 7.74. The molecule has 0 aromatic heterocycles. The highest BCUT2D eigenvalue weighted by molar-refractivity contribution is 5.99. The molecule has 2 aromatic carbocycles. The Balaban J connectivity index is 1.66. The molecule has 0 saturated heterocycles. The number of carbonyl (C=O) groups is 2. The molecule has 2 N–H and O–H groups in total. The van der Waals surface area contributed by atoms with Crippen molar-refractivity contribution in [1.29, 1.82) is 0 Å². The fourth-order valence-corrected chi connectivity index (χ4v) is 2.45. The predicted octanol–water partition coefficient (Wildman–Crippen LogP) is 2.47. The van der Waals surface area contributed by atoms with E-state index in [1.54, 1.807) is 30.1 Å².